The Kier molecular flexibility index (Phi) is 4.56. The minimum atomic E-state index is -0.340. The molecule has 0 bridgehead atoms. The largest absolute Gasteiger partial charge is 0.391 e. The molecule has 0 saturated heterocycles. The van der Waals surface area contributed by atoms with Crippen LogP contribution in [0, 0.1) is 5.92 Å². The van der Waals surface area contributed by atoms with Gasteiger partial charge in [-0.05, 0) is 52.1 Å². The Bertz CT molecular complexity index is 186. The van der Waals surface area contributed by atoms with Gasteiger partial charge in [0.05, 0.1) is 6.10 Å². The maximum Gasteiger partial charge on any atom is 0.0731 e. The minimum absolute atomic E-state index is 0.317. The zero-order chi connectivity index (χ0) is 11.5. The summed E-state index contributed by atoms with van der Waals surface area (Å²) in [4.78, 5) is 2.10. The first-order chi connectivity index (χ1) is 6.94. The van der Waals surface area contributed by atoms with Crippen LogP contribution >= 0.6 is 0 Å². The fraction of sp³-hybridized carbons (Fsp3) is 1.00. The van der Waals surface area contributed by atoms with E-state index in [4.69, 9.17) is 5.73 Å². The number of nitrogens with zero attached hydrogens (tertiary/aromatic N) is 1. The van der Waals surface area contributed by atoms with Crippen molar-refractivity contribution in [3.8, 4) is 0 Å². The molecule has 0 aromatic heterocycles. The number of hydrogen-bond acceptors (Lipinski definition) is 3. The van der Waals surface area contributed by atoms with Gasteiger partial charge in [0.25, 0.3) is 0 Å². The van der Waals surface area contributed by atoms with Gasteiger partial charge in [-0.15, -0.1) is 0 Å². The van der Waals surface area contributed by atoms with Gasteiger partial charge in [-0.1, -0.05) is 6.92 Å². The molecule has 0 heterocycles. The third-order valence-electron chi connectivity index (χ3n) is 3.72. The van der Waals surface area contributed by atoms with Crippen molar-refractivity contribution < 1.29 is 5.11 Å². The minimum Gasteiger partial charge on any atom is -0.391 e. The molecule has 1 aliphatic carbocycles. The van der Waals surface area contributed by atoms with Crippen LogP contribution in [0.2, 0.25) is 0 Å². The summed E-state index contributed by atoms with van der Waals surface area (Å²) in [5, 5.41) is 10.1. The van der Waals surface area contributed by atoms with Gasteiger partial charge >= 0.3 is 0 Å². The van der Waals surface area contributed by atoms with Gasteiger partial charge in [-0.3, -0.25) is 0 Å². The molecule has 1 rings (SSSR count). The third kappa shape index (κ3) is 3.74. The van der Waals surface area contributed by atoms with Crippen LogP contribution in [0.25, 0.3) is 0 Å². The molecule has 0 aromatic carbocycles. The van der Waals surface area contributed by atoms with E-state index < -0.39 is 0 Å². The number of aliphatic hydroxyl groups excluding tert-OH is 1. The first kappa shape index (κ1) is 12.9. The van der Waals surface area contributed by atoms with Crippen LogP contribution in [0.5, 0.6) is 0 Å². The van der Waals surface area contributed by atoms with Gasteiger partial charge in [0.2, 0.25) is 0 Å². The van der Waals surface area contributed by atoms with Crippen molar-refractivity contribution in [1.82, 2.24) is 4.90 Å². The lowest BCUT2D eigenvalue weighted by Gasteiger charge is -2.40. The van der Waals surface area contributed by atoms with Gasteiger partial charge in [0.1, 0.15) is 0 Å². The Balaban J connectivity index is 2.39. The van der Waals surface area contributed by atoms with Crippen LogP contribution in [-0.4, -0.2) is 42.3 Å². The van der Waals surface area contributed by atoms with Crippen molar-refractivity contribution in [3.63, 3.8) is 0 Å². The molecule has 3 N–H and O–H groups in total. The van der Waals surface area contributed by atoms with Crippen LogP contribution in [0.4, 0.5) is 0 Å². The molecule has 0 unspecified atom stereocenters. The Morgan fingerprint density at radius 2 is 1.93 bits per heavy atom. The van der Waals surface area contributed by atoms with Crippen LogP contribution in [-0.2, 0) is 0 Å². The van der Waals surface area contributed by atoms with Gasteiger partial charge in [-0.2, -0.15) is 0 Å². The molecule has 15 heavy (non-hydrogen) atoms. The Labute approximate surface area is 93.6 Å². The third-order valence-corrected chi connectivity index (χ3v) is 3.72. The van der Waals surface area contributed by atoms with E-state index >= 15 is 0 Å². The molecule has 0 aliphatic heterocycles. The molecule has 0 amide bonds. The van der Waals surface area contributed by atoms with Crippen molar-refractivity contribution >= 4 is 0 Å². The smallest absolute Gasteiger partial charge is 0.0731 e. The average Bonchev–Trinajstić information content (AvgIpc) is 2.19. The summed E-state index contributed by atoms with van der Waals surface area (Å²) in [5.74, 6) is 0.780. The monoisotopic (exact) mass is 214 g/mol. The molecule has 1 atom stereocenters. The highest BCUT2D eigenvalue weighted by molar-refractivity contribution is 4.95. The second kappa shape index (κ2) is 5.28. The molecule has 3 nitrogen and oxygen atoms in total. The van der Waals surface area contributed by atoms with Crippen molar-refractivity contribution in [3.05, 3.63) is 0 Å². The van der Waals surface area contributed by atoms with Crippen LogP contribution < -0.4 is 5.73 Å². The number of rotatable bonds is 4. The van der Waals surface area contributed by atoms with Gasteiger partial charge in [-0.25, -0.2) is 0 Å². The van der Waals surface area contributed by atoms with E-state index in [1.807, 2.05) is 14.1 Å². The van der Waals surface area contributed by atoms with Gasteiger partial charge < -0.3 is 15.7 Å². The van der Waals surface area contributed by atoms with Crippen LogP contribution in [0.1, 0.15) is 39.0 Å². The fourth-order valence-corrected chi connectivity index (χ4v) is 2.30. The predicted octanol–water partition coefficient (Wildman–Crippen LogP) is 1.21. The van der Waals surface area contributed by atoms with Crippen molar-refractivity contribution in [2.75, 3.05) is 20.6 Å². The van der Waals surface area contributed by atoms with E-state index in [-0.39, 0.29) is 11.6 Å². The highest BCUT2D eigenvalue weighted by Gasteiger charge is 2.36. The number of nitrogens with two attached hydrogens (primary N) is 1. The molecular weight excluding hydrogens is 188 g/mol. The maximum atomic E-state index is 10.1. The Morgan fingerprint density at radius 1 is 1.40 bits per heavy atom. The highest BCUT2D eigenvalue weighted by atomic mass is 16.3. The molecule has 0 aromatic rings. The van der Waals surface area contributed by atoms with Crippen LogP contribution in [0.3, 0.4) is 0 Å². The summed E-state index contributed by atoms with van der Waals surface area (Å²) in [6, 6.07) is 0. The summed E-state index contributed by atoms with van der Waals surface area (Å²) in [6.45, 7) is 3.18. The second-order valence-electron chi connectivity index (χ2n) is 5.52. The summed E-state index contributed by atoms with van der Waals surface area (Å²) in [5.41, 5.74) is 5.97. The standard InChI is InChI=1S/C12H26N2O/c1-10-4-7-12(13,8-5-10)11(15)6-9-14(2)3/h10-11,15H,4-9,13H2,1-3H3/t10?,11-,12?/m1/s1. The van der Waals surface area contributed by atoms with Crippen LogP contribution in [0.15, 0.2) is 0 Å². The predicted molar refractivity (Wildman–Crippen MR) is 63.7 cm³/mol. The summed E-state index contributed by atoms with van der Waals surface area (Å²) in [6.07, 6.45) is 4.72. The maximum absolute atomic E-state index is 10.1. The molecule has 1 aliphatic rings. The Morgan fingerprint density at radius 3 is 2.40 bits per heavy atom. The summed E-state index contributed by atoms with van der Waals surface area (Å²) < 4.78 is 0. The number of aliphatic hydroxyl groups is 1. The SMILES string of the molecule is CC1CCC(N)([C@H](O)CCN(C)C)CC1. The summed E-state index contributed by atoms with van der Waals surface area (Å²) in [7, 11) is 4.05. The Hall–Kier alpha value is -0.120. The zero-order valence-electron chi connectivity index (χ0n) is 10.4. The highest BCUT2D eigenvalue weighted by Crippen LogP contribution is 2.33. The fourth-order valence-electron chi connectivity index (χ4n) is 2.30. The van der Waals surface area contributed by atoms with Gasteiger partial charge in [0.15, 0.2) is 0 Å². The zero-order valence-corrected chi connectivity index (χ0v) is 10.4. The first-order valence-electron chi connectivity index (χ1n) is 6.06. The second-order valence-corrected chi connectivity index (χ2v) is 5.52. The lowest BCUT2D eigenvalue weighted by molar-refractivity contribution is 0.0393. The molecule has 90 valence electrons. The van der Waals surface area contributed by atoms with Gasteiger partial charge in [0, 0.05) is 12.1 Å². The van der Waals surface area contributed by atoms with Crippen molar-refractivity contribution in [2.24, 2.45) is 11.7 Å². The van der Waals surface area contributed by atoms with E-state index in [1.54, 1.807) is 0 Å². The quantitative estimate of drug-likeness (QED) is 0.739. The van der Waals surface area contributed by atoms with E-state index in [2.05, 4.69) is 11.8 Å². The molecule has 0 radical (unpaired) electrons. The molecule has 0 spiro atoms. The average molecular weight is 214 g/mol. The molecule has 1 saturated carbocycles. The van der Waals surface area contributed by atoms with E-state index in [9.17, 15) is 5.11 Å². The van der Waals surface area contributed by atoms with Crippen molar-refractivity contribution in [1.29, 1.82) is 0 Å². The lowest BCUT2D eigenvalue weighted by Crippen LogP contribution is -2.53. The van der Waals surface area contributed by atoms with E-state index in [1.165, 1.54) is 0 Å². The normalized spacial score (nSPS) is 34.4. The molecule has 1 fully saturated rings. The van der Waals surface area contributed by atoms with Crippen molar-refractivity contribution in [2.45, 2.75) is 50.7 Å². The topological polar surface area (TPSA) is 49.5 Å². The van der Waals surface area contributed by atoms with E-state index in [0.29, 0.717) is 0 Å². The molecule has 3 heteroatoms. The number of hydrogen-bond donors (Lipinski definition) is 2. The lowest BCUT2D eigenvalue weighted by atomic mass is 9.74. The first-order valence-corrected chi connectivity index (χ1v) is 6.06. The van der Waals surface area contributed by atoms with E-state index in [0.717, 1.165) is 44.6 Å². The molecular formula is C12H26N2O. The summed E-state index contributed by atoms with van der Waals surface area (Å²) >= 11 is 0.